The van der Waals surface area contributed by atoms with E-state index in [1.54, 1.807) is 6.07 Å². The van der Waals surface area contributed by atoms with Crippen molar-refractivity contribution in [3.8, 4) is 0 Å². The summed E-state index contributed by atoms with van der Waals surface area (Å²) in [6.45, 7) is 14.3. The fourth-order valence-electron chi connectivity index (χ4n) is 2.71. The number of imidazole rings is 1. The van der Waals surface area contributed by atoms with Crippen molar-refractivity contribution in [3.63, 3.8) is 0 Å². The van der Waals surface area contributed by atoms with Crippen LogP contribution in [0.5, 0.6) is 0 Å². The van der Waals surface area contributed by atoms with E-state index in [2.05, 4.69) is 38.8 Å². The van der Waals surface area contributed by atoms with E-state index in [1.807, 2.05) is 26.0 Å². The number of hydrogen-bond acceptors (Lipinski definition) is 4. The van der Waals surface area contributed by atoms with E-state index in [0.717, 1.165) is 15.4 Å². The second kappa shape index (κ2) is 7.24. The number of aromatic nitrogens is 2. The van der Waals surface area contributed by atoms with Crippen molar-refractivity contribution in [2.24, 2.45) is 0 Å². The third kappa shape index (κ3) is 3.73. The Kier molecular flexibility index (Phi) is 5.82. The van der Waals surface area contributed by atoms with E-state index >= 15 is 0 Å². The van der Waals surface area contributed by atoms with Gasteiger partial charge < -0.3 is 0 Å². The fraction of sp³-hybridized carbons (Fsp3) is 0.500. The van der Waals surface area contributed by atoms with Gasteiger partial charge in [0.25, 0.3) is 0 Å². The molecule has 1 aromatic heterocycles. The van der Waals surface area contributed by atoms with E-state index in [4.69, 9.17) is 0 Å². The Labute approximate surface area is 169 Å². The van der Waals surface area contributed by atoms with E-state index in [-0.39, 0.29) is 16.5 Å². The van der Waals surface area contributed by atoms with Crippen LogP contribution in [-0.4, -0.2) is 49.6 Å². The molecule has 0 aliphatic carbocycles. The van der Waals surface area contributed by atoms with Gasteiger partial charge in [-0.15, -0.1) is 0 Å². The van der Waals surface area contributed by atoms with E-state index in [1.165, 1.54) is 24.3 Å². The van der Waals surface area contributed by atoms with Gasteiger partial charge in [0.2, 0.25) is 5.78 Å². The maximum atomic E-state index is 13.2. The van der Waals surface area contributed by atoms with Crippen molar-refractivity contribution in [3.05, 3.63) is 46.8 Å². The normalized spacial score (nSPS) is 13.2. The number of carbonyl (C=O) groups excluding carboxylic acids is 1. The molecule has 6 nitrogen and oxygen atoms in total. The maximum absolute atomic E-state index is 13.2. The number of aryl methyl sites for hydroxylation is 1. The minimum Gasteiger partial charge on any atom is -0.287 e. The molecule has 2 rings (SSSR count). The Hall–Kier alpha value is -1.77. The molecule has 0 saturated heterocycles. The number of rotatable bonds is 5. The molecule has 1 aromatic carbocycles. The molecule has 0 amide bonds. The minimum absolute atomic E-state index is 0.141. The number of ketones is 1. The summed E-state index contributed by atoms with van der Waals surface area (Å²) in [5, 5.41) is -0.141. The third-order valence-corrected chi connectivity index (χ3v) is 13.0. The molecule has 0 unspecified atom stereocenters. The monoisotopic (exact) mass is 421 g/mol. The Morgan fingerprint density at radius 3 is 2.21 bits per heavy atom. The molecule has 2 aromatic rings. The van der Waals surface area contributed by atoms with Gasteiger partial charge in [-0.25, -0.2) is 8.96 Å². The van der Waals surface area contributed by atoms with Crippen LogP contribution in [-0.2, 0) is 10.2 Å². The summed E-state index contributed by atoms with van der Waals surface area (Å²) >= 11 is 0. The average Bonchev–Trinajstić information content (AvgIpc) is 3.02. The van der Waals surface area contributed by atoms with Crippen LogP contribution in [0.15, 0.2) is 24.4 Å². The fourth-order valence-corrected chi connectivity index (χ4v) is 6.27. The molecule has 0 radical (unpaired) electrons. The summed E-state index contributed by atoms with van der Waals surface area (Å²) < 4.78 is 28.3. The minimum atomic E-state index is -3.79. The van der Waals surface area contributed by atoms with Crippen LogP contribution in [0.1, 0.15) is 48.0 Å². The molecule has 28 heavy (non-hydrogen) atoms. The average molecular weight is 422 g/mol. The molecule has 0 spiro atoms. The summed E-state index contributed by atoms with van der Waals surface area (Å²) in [5.74, 6) is -0.256. The molecule has 154 valence electrons. The zero-order valence-electron chi connectivity index (χ0n) is 18.3. The Morgan fingerprint density at radius 2 is 1.71 bits per heavy atom. The first kappa shape index (κ1) is 22.5. The Morgan fingerprint density at radius 1 is 1.14 bits per heavy atom. The van der Waals surface area contributed by atoms with Gasteiger partial charge in [0, 0.05) is 19.7 Å². The number of nitrogens with zero attached hydrogens (tertiary/aromatic N) is 3. The van der Waals surface area contributed by atoms with E-state index < -0.39 is 18.3 Å². The van der Waals surface area contributed by atoms with Crippen LogP contribution in [0.25, 0.3) is 0 Å². The van der Waals surface area contributed by atoms with Crippen LogP contribution in [0.3, 0.4) is 0 Å². The topological polar surface area (TPSA) is 72.3 Å². The third-order valence-electron chi connectivity index (χ3n) is 5.90. The van der Waals surface area contributed by atoms with Gasteiger partial charge in [0.05, 0.1) is 6.20 Å². The standard InChI is InChI=1S/C20H31N3O3SSi/c1-14-11-10-12-16(15(14)2)18(24)17-13-23(27(25,26)22(6)7)19(21-17)28(8,9)20(3,4)5/h10-13H,1-9H3. The van der Waals surface area contributed by atoms with Gasteiger partial charge in [-0.3, -0.25) is 4.79 Å². The zero-order chi connectivity index (χ0) is 21.7. The first-order valence-corrected chi connectivity index (χ1v) is 13.7. The van der Waals surface area contributed by atoms with Crippen LogP contribution in [0.2, 0.25) is 18.1 Å². The lowest BCUT2D eigenvalue weighted by atomic mass is 9.99. The summed E-state index contributed by atoms with van der Waals surface area (Å²) in [4.78, 5) is 17.8. The van der Waals surface area contributed by atoms with Crippen LogP contribution < -0.4 is 5.45 Å². The second-order valence-corrected chi connectivity index (χ2v) is 16.2. The molecule has 0 saturated carbocycles. The molecule has 0 fully saturated rings. The van der Waals surface area contributed by atoms with Gasteiger partial charge in [-0.2, -0.15) is 12.7 Å². The van der Waals surface area contributed by atoms with Gasteiger partial charge in [0.15, 0.2) is 0 Å². The maximum Gasteiger partial charge on any atom is 0.308 e. The highest BCUT2D eigenvalue weighted by atomic mass is 32.2. The van der Waals surface area contributed by atoms with Crippen molar-refractivity contribution in [1.82, 2.24) is 13.3 Å². The summed E-state index contributed by atoms with van der Waals surface area (Å²) in [5.41, 5.74) is 3.09. The SMILES string of the molecule is Cc1cccc(C(=O)c2cn(S(=O)(=O)N(C)C)c([Si](C)(C)C(C)(C)C)n2)c1C. The highest BCUT2D eigenvalue weighted by Gasteiger charge is 2.43. The predicted octanol–water partition coefficient (Wildman–Crippen LogP) is 3.10. The first-order chi connectivity index (χ1) is 12.6. The summed E-state index contributed by atoms with van der Waals surface area (Å²) in [6, 6.07) is 5.54. The van der Waals surface area contributed by atoms with Crippen molar-refractivity contribution in [2.75, 3.05) is 14.1 Å². The van der Waals surface area contributed by atoms with Gasteiger partial charge >= 0.3 is 10.2 Å². The summed E-state index contributed by atoms with van der Waals surface area (Å²) in [7, 11) is -3.17. The predicted molar refractivity (Wildman–Crippen MR) is 116 cm³/mol. The van der Waals surface area contributed by atoms with Gasteiger partial charge in [-0.1, -0.05) is 52.1 Å². The van der Waals surface area contributed by atoms with E-state index in [9.17, 15) is 13.2 Å². The summed E-state index contributed by atoms with van der Waals surface area (Å²) in [6.07, 6.45) is 1.38. The Bertz CT molecular complexity index is 1020. The molecular formula is C20H31N3O3SSi. The highest BCUT2D eigenvalue weighted by molar-refractivity contribution is 7.87. The van der Waals surface area contributed by atoms with Crippen molar-refractivity contribution >= 4 is 29.5 Å². The molecular weight excluding hydrogens is 390 g/mol. The molecule has 0 atom stereocenters. The quantitative estimate of drug-likeness (QED) is 0.549. The van der Waals surface area contributed by atoms with Gasteiger partial charge in [0.1, 0.15) is 19.2 Å². The number of hydrogen-bond donors (Lipinski definition) is 0. The lowest BCUT2D eigenvalue weighted by molar-refractivity contribution is 0.103. The zero-order valence-corrected chi connectivity index (χ0v) is 20.1. The molecule has 0 N–H and O–H groups in total. The smallest absolute Gasteiger partial charge is 0.287 e. The largest absolute Gasteiger partial charge is 0.308 e. The second-order valence-electron chi connectivity index (χ2n) is 8.99. The van der Waals surface area contributed by atoms with Crippen molar-refractivity contribution in [2.45, 2.75) is 52.8 Å². The van der Waals surface area contributed by atoms with Crippen LogP contribution in [0.4, 0.5) is 0 Å². The molecule has 0 aliphatic rings. The molecule has 8 heteroatoms. The molecule has 0 bridgehead atoms. The number of benzene rings is 1. The van der Waals surface area contributed by atoms with Crippen molar-refractivity contribution < 1.29 is 13.2 Å². The first-order valence-electron chi connectivity index (χ1n) is 9.26. The van der Waals surface area contributed by atoms with Crippen LogP contribution in [0, 0.1) is 13.8 Å². The highest BCUT2D eigenvalue weighted by Crippen LogP contribution is 2.35. The molecule has 1 heterocycles. The van der Waals surface area contributed by atoms with Crippen LogP contribution >= 0.6 is 0 Å². The lowest BCUT2D eigenvalue weighted by Crippen LogP contribution is -2.56. The Balaban J connectivity index is 2.76. The van der Waals surface area contributed by atoms with Gasteiger partial charge in [-0.05, 0) is 30.0 Å². The van der Waals surface area contributed by atoms with Crippen molar-refractivity contribution in [1.29, 1.82) is 0 Å². The lowest BCUT2D eigenvalue weighted by Gasteiger charge is -2.36. The molecule has 0 aliphatic heterocycles. The van der Waals surface area contributed by atoms with E-state index in [0.29, 0.717) is 11.0 Å². The number of carbonyl (C=O) groups is 1.